The van der Waals surface area contributed by atoms with Gasteiger partial charge in [0.05, 0.1) is 19.5 Å². The highest BCUT2D eigenvalue weighted by Gasteiger charge is 2.61. The highest BCUT2D eigenvalue weighted by atomic mass is 16.7. The number of nitrogens with zero attached hydrogens (tertiary/aromatic N) is 3. The summed E-state index contributed by atoms with van der Waals surface area (Å²) >= 11 is 0. The van der Waals surface area contributed by atoms with E-state index in [2.05, 4.69) is 15.0 Å². The Morgan fingerprint density at radius 2 is 2.43 bits per heavy atom. The molecule has 5 N–H and O–H groups in total. The summed E-state index contributed by atoms with van der Waals surface area (Å²) in [6.07, 6.45) is -1.00. The molecule has 21 heavy (non-hydrogen) atoms. The van der Waals surface area contributed by atoms with Gasteiger partial charge in [0.1, 0.15) is 17.8 Å². The van der Waals surface area contributed by atoms with E-state index in [0.29, 0.717) is 0 Å². The van der Waals surface area contributed by atoms with Gasteiger partial charge in [0.25, 0.3) is 5.56 Å². The molecule has 10 nitrogen and oxygen atoms in total. The summed E-state index contributed by atoms with van der Waals surface area (Å²) in [6, 6.07) is 0. The average molecular weight is 295 g/mol. The predicted molar refractivity (Wildman–Crippen MR) is 68.2 cm³/mol. The maximum absolute atomic E-state index is 11.8. The minimum atomic E-state index is -1.15. The van der Waals surface area contributed by atoms with E-state index in [9.17, 15) is 15.0 Å². The zero-order chi connectivity index (χ0) is 14.8. The lowest BCUT2D eigenvalue weighted by atomic mass is 10.0. The van der Waals surface area contributed by atoms with Gasteiger partial charge < -0.3 is 25.4 Å². The number of aliphatic hydroxyl groups excluding tert-OH is 2. The monoisotopic (exact) mass is 295 g/mol. The van der Waals surface area contributed by atoms with Crippen LogP contribution in [0.3, 0.4) is 0 Å². The average Bonchev–Trinajstić information content (AvgIpc) is 3.09. The summed E-state index contributed by atoms with van der Waals surface area (Å²) in [6.45, 7) is -0.265. The van der Waals surface area contributed by atoms with E-state index in [1.807, 2.05) is 0 Å². The van der Waals surface area contributed by atoms with Crippen LogP contribution in [0.2, 0.25) is 0 Å². The van der Waals surface area contributed by atoms with Crippen LogP contribution in [0.4, 0.5) is 5.95 Å². The Morgan fingerprint density at radius 1 is 1.62 bits per heavy atom. The zero-order valence-corrected chi connectivity index (χ0v) is 10.8. The molecule has 0 saturated carbocycles. The molecule has 112 valence electrons. The lowest BCUT2D eigenvalue weighted by molar-refractivity contribution is -0.185. The first kappa shape index (κ1) is 12.7. The van der Waals surface area contributed by atoms with Crippen molar-refractivity contribution in [1.82, 2.24) is 19.5 Å². The number of aromatic nitrogens is 4. The summed E-state index contributed by atoms with van der Waals surface area (Å²) in [5.41, 5.74) is 4.27. The summed E-state index contributed by atoms with van der Waals surface area (Å²) in [5, 5.41) is 19.6. The number of imidazole rings is 1. The topological polar surface area (TPSA) is 149 Å². The number of hydrogen-bond donors (Lipinski definition) is 4. The molecule has 4 rings (SSSR count). The summed E-state index contributed by atoms with van der Waals surface area (Å²) in [7, 11) is 0. The molecule has 2 aliphatic heterocycles. The molecule has 2 bridgehead atoms. The number of H-pyrrole nitrogens is 1. The number of anilines is 1. The summed E-state index contributed by atoms with van der Waals surface area (Å²) < 4.78 is 12.7. The van der Waals surface area contributed by atoms with Crippen molar-refractivity contribution < 1.29 is 19.7 Å². The van der Waals surface area contributed by atoms with Crippen LogP contribution >= 0.6 is 0 Å². The third-order valence-electron chi connectivity index (χ3n) is 4.00. The number of aromatic amines is 1. The van der Waals surface area contributed by atoms with Gasteiger partial charge in [0.2, 0.25) is 5.95 Å². The molecule has 1 unspecified atom stereocenters. The molecule has 10 heteroatoms. The van der Waals surface area contributed by atoms with Crippen molar-refractivity contribution in [1.29, 1.82) is 0 Å². The van der Waals surface area contributed by atoms with E-state index in [-0.39, 0.29) is 30.3 Å². The fourth-order valence-electron chi connectivity index (χ4n) is 2.88. The zero-order valence-electron chi connectivity index (χ0n) is 10.8. The Morgan fingerprint density at radius 3 is 3.14 bits per heavy atom. The van der Waals surface area contributed by atoms with Crippen LogP contribution in [-0.4, -0.2) is 60.8 Å². The van der Waals surface area contributed by atoms with E-state index in [4.69, 9.17) is 15.2 Å². The molecule has 2 aromatic rings. The normalized spacial score (nSPS) is 34.9. The second kappa shape index (κ2) is 4.01. The van der Waals surface area contributed by atoms with Crippen molar-refractivity contribution in [2.24, 2.45) is 0 Å². The quantitative estimate of drug-likeness (QED) is 0.484. The van der Waals surface area contributed by atoms with Crippen molar-refractivity contribution in [3.63, 3.8) is 0 Å². The van der Waals surface area contributed by atoms with E-state index < -0.39 is 29.6 Å². The Labute approximate surface area is 117 Å². The minimum absolute atomic E-state index is 0.0456. The SMILES string of the molecule is Nc1nc2c(ncn2[C@@H]2O[C@@]3(CO)COC2[C@@H]3O)c(=O)[nH]1. The number of hydrogen-bond acceptors (Lipinski definition) is 8. The van der Waals surface area contributed by atoms with E-state index in [1.165, 1.54) is 10.9 Å². The maximum atomic E-state index is 11.8. The molecule has 0 aliphatic carbocycles. The second-order valence-corrected chi connectivity index (χ2v) is 5.23. The lowest BCUT2D eigenvalue weighted by Crippen LogP contribution is -2.44. The van der Waals surface area contributed by atoms with Crippen molar-refractivity contribution in [3.8, 4) is 0 Å². The molecule has 4 atom stereocenters. The van der Waals surface area contributed by atoms with Crippen LogP contribution in [0.1, 0.15) is 6.23 Å². The fraction of sp³-hybridized carbons (Fsp3) is 0.545. The molecule has 2 saturated heterocycles. The van der Waals surface area contributed by atoms with Crippen LogP contribution in [0.25, 0.3) is 11.2 Å². The van der Waals surface area contributed by atoms with Crippen LogP contribution < -0.4 is 11.3 Å². The first-order valence-electron chi connectivity index (χ1n) is 6.36. The molecule has 0 radical (unpaired) electrons. The highest BCUT2D eigenvalue weighted by Crippen LogP contribution is 2.45. The van der Waals surface area contributed by atoms with Gasteiger partial charge in [0, 0.05) is 0 Å². The predicted octanol–water partition coefficient (Wildman–Crippen LogP) is -2.28. The highest BCUT2D eigenvalue weighted by molar-refractivity contribution is 5.70. The first-order valence-corrected chi connectivity index (χ1v) is 6.36. The summed E-state index contributed by atoms with van der Waals surface area (Å²) in [5.74, 6) is -0.0456. The van der Waals surface area contributed by atoms with Gasteiger partial charge in [-0.3, -0.25) is 14.3 Å². The number of rotatable bonds is 2. The van der Waals surface area contributed by atoms with Crippen LogP contribution in [-0.2, 0) is 9.47 Å². The van der Waals surface area contributed by atoms with Gasteiger partial charge in [-0.05, 0) is 0 Å². The van der Waals surface area contributed by atoms with E-state index >= 15 is 0 Å². The Kier molecular flexibility index (Phi) is 2.43. The molecule has 2 aliphatic rings. The van der Waals surface area contributed by atoms with E-state index in [1.54, 1.807) is 0 Å². The van der Waals surface area contributed by atoms with Gasteiger partial charge in [-0.2, -0.15) is 4.98 Å². The number of nitrogen functional groups attached to an aromatic ring is 1. The number of nitrogens with two attached hydrogens (primary N) is 1. The third kappa shape index (κ3) is 1.52. The Balaban J connectivity index is 1.84. The Hall–Kier alpha value is -2.01. The largest absolute Gasteiger partial charge is 0.393 e. The van der Waals surface area contributed by atoms with Gasteiger partial charge in [-0.25, -0.2) is 4.98 Å². The van der Waals surface area contributed by atoms with Crippen molar-refractivity contribution >= 4 is 17.1 Å². The summed E-state index contributed by atoms with van der Waals surface area (Å²) in [4.78, 5) is 22.1. The molecular formula is C11H13N5O5. The van der Waals surface area contributed by atoms with Crippen molar-refractivity contribution in [2.45, 2.75) is 24.0 Å². The van der Waals surface area contributed by atoms with Gasteiger partial charge in [-0.1, -0.05) is 0 Å². The number of fused-ring (bicyclic) bond motifs is 3. The van der Waals surface area contributed by atoms with Gasteiger partial charge >= 0.3 is 0 Å². The molecule has 2 fully saturated rings. The Bertz CT molecular complexity index is 772. The van der Waals surface area contributed by atoms with Crippen LogP contribution in [0.5, 0.6) is 0 Å². The molecule has 0 amide bonds. The molecule has 2 aromatic heterocycles. The maximum Gasteiger partial charge on any atom is 0.280 e. The van der Waals surface area contributed by atoms with Gasteiger partial charge in [0.15, 0.2) is 17.4 Å². The van der Waals surface area contributed by atoms with Crippen molar-refractivity contribution in [3.05, 3.63) is 16.7 Å². The van der Waals surface area contributed by atoms with Crippen LogP contribution in [0, 0.1) is 0 Å². The smallest absolute Gasteiger partial charge is 0.280 e. The number of nitrogens with one attached hydrogen (secondary N) is 1. The van der Waals surface area contributed by atoms with Crippen LogP contribution in [0.15, 0.2) is 11.1 Å². The number of aliphatic hydroxyl groups is 2. The molecule has 0 spiro atoms. The standard InChI is InChI=1S/C11H13N5O5/c12-10-14-7-4(8(19)15-10)13-3-16(7)9-5-6(18)11(1-17,21-9)2-20-5/h3,5-6,9,17-18H,1-2H2,(H3,12,14,15,19)/t5?,6-,9+,11-/m0/s1. The third-order valence-corrected chi connectivity index (χ3v) is 4.00. The van der Waals surface area contributed by atoms with Crippen molar-refractivity contribution in [2.75, 3.05) is 18.9 Å². The second-order valence-electron chi connectivity index (χ2n) is 5.23. The molecule has 4 heterocycles. The van der Waals surface area contributed by atoms with E-state index in [0.717, 1.165) is 0 Å². The minimum Gasteiger partial charge on any atom is -0.393 e. The number of ether oxygens (including phenoxy) is 2. The fourth-order valence-corrected chi connectivity index (χ4v) is 2.88. The lowest BCUT2D eigenvalue weighted by Gasteiger charge is -2.29. The van der Waals surface area contributed by atoms with Gasteiger partial charge in [-0.15, -0.1) is 0 Å². The molecule has 0 aromatic carbocycles. The molecular weight excluding hydrogens is 282 g/mol. The first-order chi connectivity index (χ1) is 10.1.